The third-order valence-corrected chi connectivity index (χ3v) is 5.49. The summed E-state index contributed by atoms with van der Waals surface area (Å²) in [4.78, 5) is 22.5. The maximum Gasteiger partial charge on any atom is 0.442 e. The van der Waals surface area contributed by atoms with Gasteiger partial charge in [0.1, 0.15) is 12.2 Å². The molecule has 1 aromatic carbocycles. The zero-order valence-corrected chi connectivity index (χ0v) is 19.0. The molecule has 0 saturated carbocycles. The molecular weight excluding hydrogens is 488 g/mol. The molecule has 2 heterocycles. The number of hydrogen-bond donors (Lipinski definition) is 1. The van der Waals surface area contributed by atoms with Gasteiger partial charge in [0.15, 0.2) is 0 Å². The van der Waals surface area contributed by atoms with Crippen LogP contribution in [0.25, 0.3) is 0 Å². The second-order valence-electron chi connectivity index (χ2n) is 7.18. The highest BCUT2D eigenvalue weighted by Crippen LogP contribution is 2.37. The topological polar surface area (TPSA) is 108 Å². The fraction of sp³-hybridized carbons (Fsp3) is 0.316. The highest BCUT2D eigenvalue weighted by Gasteiger charge is 2.44. The number of amides is 1. The first kappa shape index (κ1) is 24.5. The Bertz CT molecular complexity index is 1250. The normalized spacial score (nSPS) is 11.6. The number of carbonyl (C=O) groups is 1. The molecule has 0 saturated heterocycles. The number of nitrogens with zero attached hydrogens (tertiary/aromatic N) is 5. The highest BCUT2D eigenvalue weighted by atomic mass is 35.5. The molecule has 0 radical (unpaired) electrons. The number of alkyl halides is 3. The van der Waals surface area contributed by atoms with Crippen molar-refractivity contribution in [2.75, 3.05) is 5.32 Å². The van der Waals surface area contributed by atoms with Gasteiger partial charge in [0.05, 0.1) is 28.5 Å². The van der Waals surface area contributed by atoms with Crippen LogP contribution in [0.4, 0.5) is 24.5 Å². The van der Waals surface area contributed by atoms with Crippen molar-refractivity contribution in [1.82, 2.24) is 19.6 Å². The van der Waals surface area contributed by atoms with Crippen molar-refractivity contribution < 1.29 is 22.9 Å². The van der Waals surface area contributed by atoms with Crippen LogP contribution in [0.5, 0.6) is 0 Å². The number of benzene rings is 1. The number of hydrogen-bond acceptors (Lipinski definition) is 5. The Labute approximate surface area is 195 Å². The van der Waals surface area contributed by atoms with Crippen LogP contribution >= 0.6 is 23.2 Å². The lowest BCUT2D eigenvalue weighted by atomic mass is 10.2. The van der Waals surface area contributed by atoms with Crippen LogP contribution in [0.2, 0.25) is 10.0 Å². The van der Waals surface area contributed by atoms with Crippen LogP contribution in [0.1, 0.15) is 28.3 Å². The summed E-state index contributed by atoms with van der Waals surface area (Å²) >= 11 is 12.1. The second kappa shape index (κ2) is 9.02. The molecule has 1 N–H and O–H groups in total. The fourth-order valence-electron chi connectivity index (χ4n) is 3.26. The van der Waals surface area contributed by atoms with E-state index >= 15 is 0 Å². The largest absolute Gasteiger partial charge is 0.442 e. The van der Waals surface area contributed by atoms with E-state index in [1.165, 1.54) is 0 Å². The fourth-order valence-corrected chi connectivity index (χ4v) is 3.73. The Morgan fingerprint density at radius 3 is 2.36 bits per heavy atom. The SMILES string of the molecule is Cc1nn(Cc2ccc(Cl)cc2Cl)c(C)c1NC(=O)Cn1nc(C(F)(F)F)c([N+](=O)[O-])c1C. The molecule has 0 aliphatic heterocycles. The third kappa shape index (κ3) is 5.11. The standard InChI is InChI=1S/C19H17Cl2F3N6O3/c1-9-16(10(2)28(26-9)7-12-4-5-13(20)6-14(12)21)25-15(31)8-29-11(3)17(30(32)33)18(27-29)19(22,23)24/h4-6H,7-8H2,1-3H3,(H,25,31). The van der Waals surface area contributed by atoms with Gasteiger partial charge < -0.3 is 5.32 Å². The molecule has 9 nitrogen and oxygen atoms in total. The summed E-state index contributed by atoms with van der Waals surface area (Å²) in [5, 5.41) is 22.2. The first-order valence-electron chi connectivity index (χ1n) is 9.36. The van der Waals surface area contributed by atoms with Gasteiger partial charge in [0.2, 0.25) is 11.6 Å². The number of anilines is 1. The van der Waals surface area contributed by atoms with E-state index in [1.54, 1.807) is 36.7 Å². The van der Waals surface area contributed by atoms with Gasteiger partial charge in [-0.2, -0.15) is 23.4 Å². The van der Waals surface area contributed by atoms with E-state index in [-0.39, 0.29) is 12.2 Å². The molecule has 176 valence electrons. The first-order chi connectivity index (χ1) is 15.3. The number of halogens is 5. The summed E-state index contributed by atoms with van der Waals surface area (Å²) in [5.74, 6) is -0.723. The minimum Gasteiger partial charge on any atom is -0.321 e. The van der Waals surface area contributed by atoms with Crippen LogP contribution in [0, 0.1) is 30.9 Å². The maximum atomic E-state index is 13.1. The van der Waals surface area contributed by atoms with Crippen LogP contribution in [-0.2, 0) is 24.1 Å². The predicted molar refractivity (Wildman–Crippen MR) is 115 cm³/mol. The van der Waals surface area contributed by atoms with Crippen molar-refractivity contribution in [3.8, 4) is 0 Å². The van der Waals surface area contributed by atoms with Gasteiger partial charge in [0, 0.05) is 10.0 Å². The minimum atomic E-state index is -5.04. The Kier molecular flexibility index (Phi) is 6.70. The number of rotatable bonds is 6. The molecule has 1 amide bonds. The average molecular weight is 505 g/mol. The molecule has 0 unspecified atom stereocenters. The van der Waals surface area contributed by atoms with Crippen LogP contribution in [0.15, 0.2) is 18.2 Å². The molecule has 0 bridgehead atoms. The van der Waals surface area contributed by atoms with E-state index in [9.17, 15) is 28.1 Å². The van der Waals surface area contributed by atoms with E-state index < -0.39 is 34.9 Å². The van der Waals surface area contributed by atoms with Crippen LogP contribution in [0.3, 0.4) is 0 Å². The zero-order valence-electron chi connectivity index (χ0n) is 17.5. The number of nitro groups is 1. The predicted octanol–water partition coefficient (Wildman–Crippen LogP) is 4.93. The third-order valence-electron chi connectivity index (χ3n) is 4.90. The van der Waals surface area contributed by atoms with Crippen molar-refractivity contribution in [3.05, 3.63) is 66.7 Å². The number of aryl methyl sites for hydroxylation is 1. The molecule has 14 heteroatoms. The summed E-state index contributed by atoms with van der Waals surface area (Å²) in [6.07, 6.45) is -5.04. The van der Waals surface area contributed by atoms with Gasteiger partial charge in [-0.05, 0) is 38.5 Å². The van der Waals surface area contributed by atoms with E-state index in [0.717, 1.165) is 12.5 Å². The summed E-state index contributed by atoms with van der Waals surface area (Å²) in [7, 11) is 0. The molecule has 0 aliphatic carbocycles. The van der Waals surface area contributed by atoms with Gasteiger partial charge >= 0.3 is 11.9 Å². The molecule has 3 aromatic rings. The molecule has 3 rings (SSSR count). The molecule has 0 atom stereocenters. The van der Waals surface area contributed by atoms with Crippen LogP contribution in [-0.4, -0.2) is 30.4 Å². The van der Waals surface area contributed by atoms with E-state index in [0.29, 0.717) is 31.8 Å². The molecule has 0 spiro atoms. The smallest absolute Gasteiger partial charge is 0.321 e. The van der Waals surface area contributed by atoms with Crippen LogP contribution < -0.4 is 5.32 Å². The quantitative estimate of drug-likeness (QED) is 0.378. The van der Waals surface area contributed by atoms with Crippen molar-refractivity contribution in [3.63, 3.8) is 0 Å². The van der Waals surface area contributed by atoms with Gasteiger partial charge in [-0.3, -0.25) is 24.3 Å². The Morgan fingerprint density at radius 1 is 1.15 bits per heavy atom. The summed E-state index contributed by atoms with van der Waals surface area (Å²) in [6, 6.07) is 5.01. The van der Waals surface area contributed by atoms with Crippen molar-refractivity contribution in [2.45, 2.75) is 40.0 Å². The lowest BCUT2D eigenvalue weighted by molar-refractivity contribution is -0.388. The monoisotopic (exact) mass is 504 g/mol. The first-order valence-corrected chi connectivity index (χ1v) is 10.1. The number of aromatic nitrogens is 4. The lowest BCUT2D eigenvalue weighted by Crippen LogP contribution is -2.21. The van der Waals surface area contributed by atoms with E-state index in [4.69, 9.17) is 23.2 Å². The van der Waals surface area contributed by atoms with E-state index in [1.807, 2.05) is 0 Å². The molecule has 0 aliphatic rings. The Hall–Kier alpha value is -3.12. The minimum absolute atomic E-state index is 0.290. The summed E-state index contributed by atoms with van der Waals surface area (Å²) in [5.41, 5.74) is -1.09. The van der Waals surface area contributed by atoms with Gasteiger partial charge in [-0.25, -0.2) is 0 Å². The Balaban J connectivity index is 1.82. The second-order valence-corrected chi connectivity index (χ2v) is 8.03. The molecule has 2 aromatic heterocycles. The maximum absolute atomic E-state index is 13.1. The van der Waals surface area contributed by atoms with Gasteiger partial charge in [-0.15, -0.1) is 0 Å². The summed E-state index contributed by atoms with van der Waals surface area (Å²) in [6.45, 7) is 4.07. The number of nitrogens with one attached hydrogen (secondary N) is 1. The molecular formula is C19H17Cl2F3N6O3. The average Bonchev–Trinajstić information content (AvgIpc) is 3.15. The van der Waals surface area contributed by atoms with Crippen molar-refractivity contribution >= 4 is 40.5 Å². The van der Waals surface area contributed by atoms with Crippen molar-refractivity contribution in [1.29, 1.82) is 0 Å². The van der Waals surface area contributed by atoms with Gasteiger partial charge in [-0.1, -0.05) is 29.3 Å². The summed E-state index contributed by atoms with van der Waals surface area (Å²) < 4.78 is 41.6. The molecule has 33 heavy (non-hydrogen) atoms. The highest BCUT2D eigenvalue weighted by molar-refractivity contribution is 6.35. The Morgan fingerprint density at radius 2 is 1.82 bits per heavy atom. The zero-order chi connectivity index (χ0) is 24.7. The van der Waals surface area contributed by atoms with Gasteiger partial charge in [0.25, 0.3) is 0 Å². The number of carbonyl (C=O) groups excluding carboxylic acids is 1. The lowest BCUT2D eigenvalue weighted by Gasteiger charge is -2.09. The van der Waals surface area contributed by atoms with Crippen molar-refractivity contribution in [2.24, 2.45) is 0 Å². The molecule has 0 fully saturated rings. The van der Waals surface area contributed by atoms with E-state index in [2.05, 4.69) is 15.5 Å².